The smallest absolute Gasteiger partial charge is 0.251 e. The summed E-state index contributed by atoms with van der Waals surface area (Å²) in [5, 5.41) is 0. The highest BCUT2D eigenvalue weighted by molar-refractivity contribution is 5.80. The third-order valence-electron chi connectivity index (χ3n) is 3.18. The highest BCUT2D eigenvalue weighted by Gasteiger charge is 2.30. The maximum Gasteiger partial charge on any atom is 0.251 e. The normalized spacial score (nSPS) is 24.4. The van der Waals surface area contributed by atoms with Gasteiger partial charge in [0.15, 0.2) is 0 Å². The van der Waals surface area contributed by atoms with Crippen molar-refractivity contribution in [3.63, 3.8) is 0 Å². The summed E-state index contributed by atoms with van der Waals surface area (Å²) < 4.78 is 5.03. The van der Waals surface area contributed by atoms with Crippen LogP contribution < -0.4 is 0 Å². The number of hydrogen-bond donors (Lipinski definition) is 0. The highest BCUT2D eigenvalue weighted by Crippen LogP contribution is 2.24. The molecule has 0 bridgehead atoms. The van der Waals surface area contributed by atoms with Crippen molar-refractivity contribution < 1.29 is 9.53 Å². The molecule has 3 nitrogen and oxygen atoms in total. The Morgan fingerprint density at radius 3 is 2.50 bits per heavy atom. The largest absolute Gasteiger partial charge is 0.372 e. The zero-order chi connectivity index (χ0) is 10.7. The first kappa shape index (κ1) is 11.5. The molecule has 1 aliphatic rings. The lowest BCUT2D eigenvalue weighted by Crippen LogP contribution is -2.37. The van der Waals surface area contributed by atoms with E-state index in [0.29, 0.717) is 11.8 Å². The molecule has 1 aliphatic heterocycles. The van der Waals surface area contributed by atoms with Gasteiger partial charge < -0.3 is 9.64 Å². The van der Waals surface area contributed by atoms with Gasteiger partial charge in [0.25, 0.3) is 5.91 Å². The number of ether oxygens (including phenoxy) is 1. The van der Waals surface area contributed by atoms with Crippen LogP contribution in [-0.4, -0.2) is 37.1 Å². The molecule has 0 saturated carbocycles. The molecule has 0 aromatic rings. The van der Waals surface area contributed by atoms with Crippen LogP contribution in [0.3, 0.4) is 0 Å². The van der Waals surface area contributed by atoms with Crippen LogP contribution in [0.5, 0.6) is 0 Å². The minimum absolute atomic E-state index is 0.135. The summed E-state index contributed by atoms with van der Waals surface area (Å²) in [5.41, 5.74) is 0. The number of hydrogen-bond acceptors (Lipinski definition) is 2. The standard InChI is InChI=1S/C11H21NO2/c1-8(2)10-5-6-12(7-10)11(13)9(3)14-4/h8-10H,5-7H2,1-4H3. The van der Waals surface area contributed by atoms with E-state index >= 15 is 0 Å². The number of rotatable bonds is 3. The Labute approximate surface area is 86.4 Å². The third-order valence-corrected chi connectivity index (χ3v) is 3.18. The first-order valence-electron chi connectivity index (χ1n) is 5.37. The summed E-state index contributed by atoms with van der Waals surface area (Å²) in [5.74, 6) is 1.48. The molecule has 0 aromatic carbocycles. The van der Waals surface area contributed by atoms with Crippen molar-refractivity contribution in [2.24, 2.45) is 11.8 Å². The predicted octanol–water partition coefficient (Wildman–Crippen LogP) is 1.53. The fourth-order valence-corrected chi connectivity index (χ4v) is 1.89. The fraction of sp³-hybridized carbons (Fsp3) is 0.909. The van der Waals surface area contributed by atoms with Gasteiger partial charge in [0.2, 0.25) is 0 Å². The maximum atomic E-state index is 11.7. The first-order valence-corrected chi connectivity index (χ1v) is 5.37. The van der Waals surface area contributed by atoms with Crippen molar-refractivity contribution in [2.45, 2.75) is 33.3 Å². The van der Waals surface area contributed by atoms with Gasteiger partial charge in [-0.3, -0.25) is 4.79 Å². The Bertz CT molecular complexity index is 203. The molecule has 82 valence electrons. The summed E-state index contributed by atoms with van der Waals surface area (Å²) in [6.45, 7) is 8.06. The Balaban J connectivity index is 2.45. The van der Waals surface area contributed by atoms with E-state index in [1.807, 2.05) is 11.8 Å². The number of carbonyl (C=O) groups excluding carboxylic acids is 1. The van der Waals surface area contributed by atoms with Crippen LogP contribution in [0.4, 0.5) is 0 Å². The minimum Gasteiger partial charge on any atom is -0.372 e. The second-order valence-corrected chi connectivity index (χ2v) is 4.45. The Hall–Kier alpha value is -0.570. The lowest BCUT2D eigenvalue weighted by atomic mass is 9.95. The molecule has 1 rings (SSSR count). The van der Waals surface area contributed by atoms with Crippen molar-refractivity contribution in [3.05, 3.63) is 0 Å². The monoisotopic (exact) mass is 199 g/mol. The molecular weight excluding hydrogens is 178 g/mol. The average Bonchev–Trinajstić information content (AvgIpc) is 2.64. The molecule has 2 unspecified atom stereocenters. The molecule has 0 N–H and O–H groups in total. The lowest BCUT2D eigenvalue weighted by Gasteiger charge is -2.20. The van der Waals surface area contributed by atoms with Crippen LogP contribution in [0.2, 0.25) is 0 Å². The average molecular weight is 199 g/mol. The van der Waals surface area contributed by atoms with E-state index < -0.39 is 0 Å². The van der Waals surface area contributed by atoms with E-state index in [1.54, 1.807) is 7.11 Å². The molecule has 0 aliphatic carbocycles. The number of methoxy groups -OCH3 is 1. The van der Waals surface area contributed by atoms with Crippen LogP contribution in [0.25, 0.3) is 0 Å². The minimum atomic E-state index is -0.291. The van der Waals surface area contributed by atoms with Gasteiger partial charge in [-0.1, -0.05) is 13.8 Å². The second-order valence-electron chi connectivity index (χ2n) is 4.45. The van der Waals surface area contributed by atoms with Gasteiger partial charge in [-0.05, 0) is 25.2 Å². The van der Waals surface area contributed by atoms with Gasteiger partial charge in [0.05, 0.1) is 0 Å². The fourth-order valence-electron chi connectivity index (χ4n) is 1.89. The van der Waals surface area contributed by atoms with Gasteiger partial charge in [-0.25, -0.2) is 0 Å². The van der Waals surface area contributed by atoms with E-state index in [4.69, 9.17) is 4.74 Å². The predicted molar refractivity (Wildman–Crippen MR) is 56.0 cm³/mol. The van der Waals surface area contributed by atoms with E-state index in [0.717, 1.165) is 19.5 Å². The topological polar surface area (TPSA) is 29.5 Å². The van der Waals surface area contributed by atoms with E-state index in [9.17, 15) is 4.79 Å². The summed E-state index contributed by atoms with van der Waals surface area (Å²) in [7, 11) is 1.58. The quantitative estimate of drug-likeness (QED) is 0.690. The van der Waals surface area contributed by atoms with Crippen molar-refractivity contribution in [1.29, 1.82) is 0 Å². The Kier molecular flexibility index (Phi) is 3.93. The van der Waals surface area contributed by atoms with Crippen LogP contribution in [0, 0.1) is 11.8 Å². The number of amides is 1. The number of carbonyl (C=O) groups is 1. The Morgan fingerprint density at radius 1 is 1.43 bits per heavy atom. The van der Waals surface area contributed by atoms with Crippen molar-refractivity contribution in [2.75, 3.05) is 20.2 Å². The van der Waals surface area contributed by atoms with Gasteiger partial charge in [0, 0.05) is 20.2 Å². The van der Waals surface area contributed by atoms with Gasteiger partial charge in [0.1, 0.15) is 6.10 Å². The van der Waals surface area contributed by atoms with Gasteiger partial charge >= 0.3 is 0 Å². The van der Waals surface area contributed by atoms with Crippen molar-refractivity contribution in [3.8, 4) is 0 Å². The zero-order valence-electron chi connectivity index (χ0n) is 9.62. The number of nitrogens with zero attached hydrogens (tertiary/aromatic N) is 1. The molecular formula is C11H21NO2. The third kappa shape index (κ3) is 2.47. The molecule has 1 heterocycles. The molecule has 14 heavy (non-hydrogen) atoms. The number of likely N-dealkylation sites (tertiary alicyclic amines) is 1. The highest BCUT2D eigenvalue weighted by atomic mass is 16.5. The molecule has 2 atom stereocenters. The summed E-state index contributed by atoms with van der Waals surface area (Å²) >= 11 is 0. The SMILES string of the molecule is COC(C)C(=O)N1CCC(C(C)C)C1. The van der Waals surface area contributed by atoms with Crippen molar-refractivity contribution >= 4 is 5.91 Å². The molecule has 1 fully saturated rings. The van der Waals surface area contributed by atoms with Crippen LogP contribution in [0.15, 0.2) is 0 Å². The van der Waals surface area contributed by atoms with E-state index in [1.165, 1.54) is 0 Å². The molecule has 0 radical (unpaired) electrons. The van der Waals surface area contributed by atoms with Gasteiger partial charge in [-0.15, -0.1) is 0 Å². The summed E-state index contributed by atoms with van der Waals surface area (Å²) in [6.07, 6.45) is 0.848. The van der Waals surface area contributed by atoms with Crippen molar-refractivity contribution in [1.82, 2.24) is 4.90 Å². The summed E-state index contributed by atoms with van der Waals surface area (Å²) in [6, 6.07) is 0. The zero-order valence-corrected chi connectivity index (χ0v) is 9.62. The van der Waals surface area contributed by atoms with Crippen LogP contribution >= 0.6 is 0 Å². The van der Waals surface area contributed by atoms with E-state index in [-0.39, 0.29) is 12.0 Å². The van der Waals surface area contributed by atoms with Gasteiger partial charge in [-0.2, -0.15) is 0 Å². The second kappa shape index (κ2) is 4.78. The molecule has 1 saturated heterocycles. The summed E-state index contributed by atoms with van der Waals surface area (Å²) in [4.78, 5) is 13.7. The first-order chi connectivity index (χ1) is 6.56. The van der Waals surface area contributed by atoms with Crippen LogP contribution in [0.1, 0.15) is 27.2 Å². The van der Waals surface area contributed by atoms with Crippen LogP contribution in [-0.2, 0) is 9.53 Å². The molecule has 1 amide bonds. The molecule has 3 heteroatoms. The molecule has 0 aromatic heterocycles. The molecule has 0 spiro atoms. The maximum absolute atomic E-state index is 11.7. The Morgan fingerprint density at radius 2 is 2.07 bits per heavy atom. The van der Waals surface area contributed by atoms with E-state index in [2.05, 4.69) is 13.8 Å². The lowest BCUT2D eigenvalue weighted by molar-refractivity contribution is -0.140.